The number of nitrogens with zero attached hydrogens (tertiary/aromatic N) is 6. The van der Waals surface area contributed by atoms with Gasteiger partial charge in [0, 0.05) is 19.2 Å². The Labute approximate surface area is 137 Å². The molecule has 0 aliphatic carbocycles. The molecule has 128 valence electrons. The molecule has 0 saturated carbocycles. The monoisotopic (exact) mass is 335 g/mol. The van der Waals surface area contributed by atoms with Gasteiger partial charge in [-0.15, -0.1) is 5.10 Å². The minimum atomic E-state index is -1.10. The molecule has 1 aliphatic heterocycles. The number of rotatable bonds is 5. The second-order valence-electron chi connectivity index (χ2n) is 5.72. The number of primary amides is 1. The Balaban J connectivity index is 1.75. The van der Waals surface area contributed by atoms with Crippen molar-refractivity contribution in [2.45, 2.75) is 38.6 Å². The molecule has 0 bridgehead atoms. The maximum absolute atomic E-state index is 13.9. The fourth-order valence-electron chi connectivity index (χ4n) is 2.81. The molecule has 1 aliphatic rings. The first-order valence-corrected chi connectivity index (χ1v) is 7.65. The van der Waals surface area contributed by atoms with Gasteiger partial charge in [-0.05, 0) is 6.92 Å². The first kappa shape index (κ1) is 16.1. The lowest BCUT2D eigenvalue weighted by molar-refractivity contribution is 0.0714. The van der Waals surface area contributed by atoms with E-state index in [4.69, 9.17) is 5.73 Å². The predicted molar refractivity (Wildman–Crippen MR) is 80.8 cm³/mol. The van der Waals surface area contributed by atoms with Crippen LogP contribution in [0.15, 0.2) is 18.6 Å². The van der Waals surface area contributed by atoms with Gasteiger partial charge in [0.1, 0.15) is 6.17 Å². The third kappa shape index (κ3) is 3.12. The number of alkyl halides is 1. The average molecular weight is 335 g/mol. The molecule has 0 aromatic carbocycles. The molecule has 9 nitrogen and oxygen atoms in total. The molecular weight excluding hydrogens is 317 g/mol. The normalized spacial score (nSPS) is 20.5. The molecule has 10 heteroatoms. The Morgan fingerprint density at radius 3 is 2.79 bits per heavy atom. The molecule has 2 aromatic rings. The van der Waals surface area contributed by atoms with E-state index in [1.807, 2.05) is 6.92 Å². The van der Waals surface area contributed by atoms with Crippen LogP contribution in [0.3, 0.4) is 0 Å². The summed E-state index contributed by atoms with van der Waals surface area (Å²) in [7, 11) is 0. The van der Waals surface area contributed by atoms with Gasteiger partial charge in [0.15, 0.2) is 5.69 Å². The lowest BCUT2D eigenvalue weighted by Gasteiger charge is -2.23. The van der Waals surface area contributed by atoms with Crippen LogP contribution >= 0.6 is 0 Å². The quantitative estimate of drug-likeness (QED) is 0.816. The summed E-state index contributed by atoms with van der Waals surface area (Å²) in [4.78, 5) is 25.2. The van der Waals surface area contributed by atoms with E-state index in [9.17, 15) is 14.0 Å². The molecule has 2 atom stereocenters. The van der Waals surface area contributed by atoms with Crippen molar-refractivity contribution in [3.8, 4) is 0 Å². The van der Waals surface area contributed by atoms with E-state index in [-0.39, 0.29) is 37.2 Å². The van der Waals surface area contributed by atoms with Gasteiger partial charge >= 0.3 is 0 Å². The first-order valence-electron chi connectivity index (χ1n) is 7.65. The number of carbonyl (C=O) groups excluding carboxylic acids is 2. The van der Waals surface area contributed by atoms with Crippen LogP contribution in [0.4, 0.5) is 4.39 Å². The number of hydrogen-bond donors (Lipinski definition) is 1. The Bertz CT molecular complexity index is 756. The Kier molecular flexibility index (Phi) is 4.28. The average Bonchev–Trinajstić information content (AvgIpc) is 3.26. The molecule has 24 heavy (non-hydrogen) atoms. The summed E-state index contributed by atoms with van der Waals surface area (Å²) in [5, 5.41) is 11.5. The third-order valence-corrected chi connectivity index (χ3v) is 4.02. The van der Waals surface area contributed by atoms with Crippen molar-refractivity contribution in [1.29, 1.82) is 0 Å². The number of aryl methyl sites for hydroxylation is 1. The van der Waals surface area contributed by atoms with Crippen molar-refractivity contribution in [2.24, 2.45) is 5.73 Å². The Hall–Kier alpha value is -2.78. The molecule has 0 unspecified atom stereocenters. The zero-order chi connectivity index (χ0) is 17.3. The summed E-state index contributed by atoms with van der Waals surface area (Å²) >= 11 is 0. The molecule has 2 amide bonds. The van der Waals surface area contributed by atoms with Crippen LogP contribution in [0, 0.1) is 0 Å². The maximum Gasteiger partial charge on any atom is 0.270 e. The number of hydrogen-bond acceptors (Lipinski definition) is 5. The molecule has 1 fully saturated rings. The van der Waals surface area contributed by atoms with Gasteiger partial charge in [-0.2, -0.15) is 5.10 Å². The van der Waals surface area contributed by atoms with Crippen LogP contribution in [0.5, 0.6) is 0 Å². The number of halogens is 1. The summed E-state index contributed by atoms with van der Waals surface area (Å²) in [5.41, 5.74) is 5.59. The predicted octanol–water partition coefficient (Wildman–Crippen LogP) is -0.154. The topological polar surface area (TPSA) is 112 Å². The van der Waals surface area contributed by atoms with E-state index < -0.39 is 12.1 Å². The summed E-state index contributed by atoms with van der Waals surface area (Å²) in [6.45, 7) is 2.84. The lowest BCUT2D eigenvalue weighted by Crippen LogP contribution is -2.38. The van der Waals surface area contributed by atoms with Crippen molar-refractivity contribution < 1.29 is 14.0 Å². The third-order valence-electron chi connectivity index (χ3n) is 4.02. The van der Waals surface area contributed by atoms with Crippen LogP contribution in [-0.2, 0) is 13.1 Å². The molecule has 2 aromatic heterocycles. The van der Waals surface area contributed by atoms with Gasteiger partial charge in [0.05, 0.1) is 37.1 Å². The number of carbonyl (C=O) groups is 2. The van der Waals surface area contributed by atoms with Gasteiger partial charge in [-0.3, -0.25) is 14.3 Å². The summed E-state index contributed by atoms with van der Waals surface area (Å²) < 4.78 is 16.9. The number of aromatic nitrogens is 5. The second kappa shape index (κ2) is 6.38. The zero-order valence-corrected chi connectivity index (χ0v) is 13.2. The maximum atomic E-state index is 13.9. The zero-order valence-electron chi connectivity index (χ0n) is 13.2. The molecule has 3 rings (SSSR count). The van der Waals surface area contributed by atoms with E-state index in [1.165, 1.54) is 22.0 Å². The highest BCUT2D eigenvalue weighted by Gasteiger charge is 2.36. The SMILES string of the molecule is CCn1cc(C(=O)N2C[C@@H](F)C[C@H]2Cn2cc(C(N)=O)nn2)cn1. The van der Waals surface area contributed by atoms with E-state index >= 15 is 0 Å². The molecule has 2 N–H and O–H groups in total. The Morgan fingerprint density at radius 2 is 2.17 bits per heavy atom. The minimum Gasteiger partial charge on any atom is -0.364 e. The van der Waals surface area contributed by atoms with Crippen LogP contribution in [0.2, 0.25) is 0 Å². The van der Waals surface area contributed by atoms with Crippen molar-refractivity contribution >= 4 is 11.8 Å². The minimum absolute atomic E-state index is 0.0260. The number of amides is 2. The lowest BCUT2D eigenvalue weighted by atomic mass is 10.2. The van der Waals surface area contributed by atoms with Crippen molar-refractivity contribution in [1.82, 2.24) is 29.7 Å². The highest BCUT2D eigenvalue weighted by atomic mass is 19.1. The molecule has 0 radical (unpaired) electrons. The standard InChI is InChI=1S/C14H18FN7O2/c1-2-20-5-9(4-17-20)14(24)22-6-10(15)3-11(22)7-21-8-12(13(16)23)18-19-21/h4-5,8,10-11H,2-3,6-7H2,1H3,(H2,16,23)/t10-,11-/m0/s1. The van der Waals surface area contributed by atoms with Crippen LogP contribution in [0.1, 0.15) is 34.2 Å². The van der Waals surface area contributed by atoms with Gasteiger partial charge in [-0.1, -0.05) is 5.21 Å². The summed E-state index contributed by atoms with van der Waals surface area (Å²) in [6.07, 6.45) is 3.63. The van der Waals surface area contributed by atoms with Gasteiger partial charge in [0.2, 0.25) is 0 Å². The van der Waals surface area contributed by atoms with Crippen molar-refractivity contribution in [3.63, 3.8) is 0 Å². The van der Waals surface area contributed by atoms with E-state index in [0.717, 1.165) is 0 Å². The summed E-state index contributed by atoms with van der Waals surface area (Å²) in [6, 6.07) is -0.375. The Morgan fingerprint density at radius 1 is 1.38 bits per heavy atom. The van der Waals surface area contributed by atoms with E-state index in [2.05, 4.69) is 15.4 Å². The van der Waals surface area contributed by atoms with Crippen molar-refractivity contribution in [3.05, 3.63) is 29.8 Å². The van der Waals surface area contributed by atoms with E-state index in [0.29, 0.717) is 12.1 Å². The van der Waals surface area contributed by atoms with E-state index in [1.54, 1.807) is 10.9 Å². The van der Waals surface area contributed by atoms with Gasteiger partial charge in [0.25, 0.3) is 11.8 Å². The number of likely N-dealkylation sites (tertiary alicyclic amines) is 1. The first-order chi connectivity index (χ1) is 11.5. The van der Waals surface area contributed by atoms with Gasteiger partial charge < -0.3 is 10.6 Å². The summed E-state index contributed by atoms with van der Waals surface area (Å²) in [5.74, 6) is -0.953. The van der Waals surface area contributed by atoms with Crippen LogP contribution < -0.4 is 5.73 Å². The fourth-order valence-corrected chi connectivity index (χ4v) is 2.81. The number of nitrogens with two attached hydrogens (primary N) is 1. The smallest absolute Gasteiger partial charge is 0.270 e. The highest BCUT2D eigenvalue weighted by Crippen LogP contribution is 2.24. The fraction of sp³-hybridized carbons (Fsp3) is 0.500. The second-order valence-corrected chi connectivity index (χ2v) is 5.72. The molecule has 0 spiro atoms. The van der Waals surface area contributed by atoms with Crippen LogP contribution in [0.25, 0.3) is 0 Å². The van der Waals surface area contributed by atoms with Gasteiger partial charge in [-0.25, -0.2) is 9.07 Å². The molecular formula is C14H18FN7O2. The largest absolute Gasteiger partial charge is 0.364 e. The van der Waals surface area contributed by atoms with Crippen LogP contribution in [-0.4, -0.2) is 60.2 Å². The van der Waals surface area contributed by atoms with Crippen molar-refractivity contribution in [2.75, 3.05) is 6.54 Å². The highest BCUT2D eigenvalue weighted by molar-refractivity contribution is 5.94. The molecule has 3 heterocycles. The molecule has 1 saturated heterocycles.